The molecule has 98 valence electrons. The van der Waals surface area contributed by atoms with Gasteiger partial charge >= 0.3 is 6.03 Å². The van der Waals surface area contributed by atoms with Crippen LogP contribution in [0.3, 0.4) is 0 Å². The number of urea groups is 1. The lowest BCUT2D eigenvalue weighted by Crippen LogP contribution is -2.49. The zero-order chi connectivity index (χ0) is 12.8. The van der Waals surface area contributed by atoms with Crippen LogP contribution in [0.1, 0.15) is 0 Å². The average Bonchev–Trinajstić information content (AvgIpc) is 3.03. The van der Waals surface area contributed by atoms with Crippen molar-refractivity contribution in [3.63, 3.8) is 0 Å². The monoisotopic (exact) mass is 273 g/mol. The van der Waals surface area contributed by atoms with Gasteiger partial charge in [-0.3, -0.25) is 4.90 Å². The molecular formula is C14H15N3OS. The first-order valence-corrected chi connectivity index (χ1v) is 7.47. The van der Waals surface area contributed by atoms with E-state index in [0.29, 0.717) is 6.04 Å². The second kappa shape index (κ2) is 4.21. The number of hydrogen-bond donors (Lipinski definition) is 1. The van der Waals surface area contributed by atoms with E-state index in [9.17, 15) is 4.79 Å². The molecule has 0 spiro atoms. The Kier molecular flexibility index (Phi) is 2.50. The standard InChI is InChI=1S/C14H15N3OS/c18-14-16-5-4-15-8-12(16)9-17(14)11-1-2-13-10(7-11)3-6-19-13/h1-3,6-7,12,15H,4-5,8-9H2. The number of thiophene rings is 1. The van der Waals surface area contributed by atoms with Crippen molar-refractivity contribution in [2.45, 2.75) is 6.04 Å². The molecule has 2 amide bonds. The highest BCUT2D eigenvalue weighted by Gasteiger charge is 2.38. The van der Waals surface area contributed by atoms with Crippen LogP contribution in [-0.4, -0.2) is 43.2 Å². The summed E-state index contributed by atoms with van der Waals surface area (Å²) in [6, 6.07) is 8.87. The van der Waals surface area contributed by atoms with E-state index in [4.69, 9.17) is 0 Å². The molecule has 5 heteroatoms. The van der Waals surface area contributed by atoms with Gasteiger partial charge in [-0.1, -0.05) is 0 Å². The first kappa shape index (κ1) is 11.3. The number of piperazine rings is 1. The molecule has 2 aliphatic heterocycles. The van der Waals surface area contributed by atoms with Gasteiger partial charge in [-0.2, -0.15) is 0 Å². The lowest BCUT2D eigenvalue weighted by atomic mass is 10.2. The van der Waals surface area contributed by atoms with Gasteiger partial charge in [0.05, 0.1) is 6.04 Å². The van der Waals surface area contributed by atoms with E-state index in [1.165, 1.54) is 10.1 Å². The van der Waals surface area contributed by atoms with Gasteiger partial charge in [-0.05, 0) is 35.0 Å². The number of nitrogens with zero attached hydrogens (tertiary/aromatic N) is 2. The summed E-state index contributed by atoms with van der Waals surface area (Å²) < 4.78 is 1.27. The van der Waals surface area contributed by atoms with Gasteiger partial charge in [0.15, 0.2) is 0 Å². The van der Waals surface area contributed by atoms with Crippen LogP contribution in [0.4, 0.5) is 10.5 Å². The number of carbonyl (C=O) groups excluding carboxylic acids is 1. The van der Waals surface area contributed by atoms with E-state index in [-0.39, 0.29) is 6.03 Å². The molecule has 2 saturated heterocycles. The minimum atomic E-state index is 0.154. The molecule has 3 heterocycles. The van der Waals surface area contributed by atoms with Crippen molar-refractivity contribution >= 4 is 33.1 Å². The highest BCUT2D eigenvalue weighted by atomic mass is 32.1. The first-order valence-electron chi connectivity index (χ1n) is 6.59. The smallest absolute Gasteiger partial charge is 0.317 e. The van der Waals surface area contributed by atoms with Crippen molar-refractivity contribution in [3.8, 4) is 0 Å². The second-order valence-electron chi connectivity index (χ2n) is 5.09. The van der Waals surface area contributed by atoms with E-state index in [2.05, 4.69) is 35.0 Å². The van der Waals surface area contributed by atoms with E-state index in [1.807, 2.05) is 9.80 Å². The van der Waals surface area contributed by atoms with Crippen LogP contribution in [0.5, 0.6) is 0 Å². The second-order valence-corrected chi connectivity index (χ2v) is 6.03. The van der Waals surface area contributed by atoms with Crippen LogP contribution in [0.2, 0.25) is 0 Å². The van der Waals surface area contributed by atoms with Crippen molar-refractivity contribution in [2.24, 2.45) is 0 Å². The molecule has 1 unspecified atom stereocenters. The van der Waals surface area contributed by atoms with Crippen LogP contribution >= 0.6 is 11.3 Å². The molecule has 0 bridgehead atoms. The van der Waals surface area contributed by atoms with Crippen molar-refractivity contribution < 1.29 is 4.79 Å². The maximum Gasteiger partial charge on any atom is 0.324 e. The highest BCUT2D eigenvalue weighted by Crippen LogP contribution is 2.29. The molecule has 1 N–H and O–H groups in total. The largest absolute Gasteiger partial charge is 0.324 e. The average molecular weight is 273 g/mol. The van der Waals surface area contributed by atoms with Crippen molar-refractivity contribution in [1.29, 1.82) is 0 Å². The van der Waals surface area contributed by atoms with Crippen LogP contribution in [0.15, 0.2) is 29.6 Å². The van der Waals surface area contributed by atoms with E-state index in [0.717, 1.165) is 31.9 Å². The molecule has 0 aliphatic carbocycles. The fraction of sp³-hybridized carbons (Fsp3) is 0.357. The first-order chi connectivity index (χ1) is 9.33. The van der Waals surface area contributed by atoms with Crippen molar-refractivity contribution in [3.05, 3.63) is 29.6 Å². The molecule has 19 heavy (non-hydrogen) atoms. The predicted molar refractivity (Wildman–Crippen MR) is 77.9 cm³/mol. The fourth-order valence-electron chi connectivity index (χ4n) is 2.96. The number of carbonyl (C=O) groups is 1. The molecule has 2 aromatic rings. The number of hydrogen-bond acceptors (Lipinski definition) is 3. The zero-order valence-corrected chi connectivity index (χ0v) is 11.3. The Morgan fingerprint density at radius 1 is 1.32 bits per heavy atom. The molecule has 2 aliphatic rings. The minimum absolute atomic E-state index is 0.154. The normalized spacial score (nSPS) is 23.2. The summed E-state index contributed by atoms with van der Waals surface area (Å²) >= 11 is 1.74. The van der Waals surface area contributed by atoms with Crippen LogP contribution < -0.4 is 10.2 Å². The third-order valence-corrected chi connectivity index (χ3v) is 4.87. The Morgan fingerprint density at radius 3 is 3.16 bits per heavy atom. The number of benzene rings is 1. The lowest BCUT2D eigenvalue weighted by molar-refractivity contribution is 0.193. The van der Waals surface area contributed by atoms with E-state index in [1.54, 1.807) is 11.3 Å². The third kappa shape index (κ3) is 1.73. The molecule has 1 aromatic heterocycles. The van der Waals surface area contributed by atoms with Gasteiger partial charge in [0.2, 0.25) is 0 Å². The molecule has 0 radical (unpaired) electrons. The lowest BCUT2D eigenvalue weighted by Gasteiger charge is -2.28. The van der Waals surface area contributed by atoms with Crippen molar-refractivity contribution in [1.82, 2.24) is 10.2 Å². The fourth-order valence-corrected chi connectivity index (χ4v) is 3.73. The molecule has 1 atom stereocenters. The van der Waals surface area contributed by atoms with Crippen LogP contribution in [0, 0.1) is 0 Å². The van der Waals surface area contributed by atoms with Crippen molar-refractivity contribution in [2.75, 3.05) is 31.1 Å². The summed E-state index contributed by atoms with van der Waals surface area (Å²) in [6.45, 7) is 3.42. The molecule has 0 saturated carbocycles. The number of fused-ring (bicyclic) bond motifs is 2. The quantitative estimate of drug-likeness (QED) is 0.864. The number of anilines is 1. The topological polar surface area (TPSA) is 35.6 Å². The number of nitrogens with one attached hydrogen (secondary N) is 1. The summed E-state index contributed by atoms with van der Waals surface area (Å²) in [5, 5.41) is 6.67. The van der Waals surface area contributed by atoms with E-state index < -0.39 is 0 Å². The SMILES string of the molecule is O=C1N(c2ccc3sccc3c2)CC2CNCCN12. The molecule has 4 nitrogen and oxygen atoms in total. The van der Waals surface area contributed by atoms with Gasteiger partial charge in [0.1, 0.15) is 0 Å². The maximum atomic E-state index is 12.4. The van der Waals surface area contributed by atoms with Crippen LogP contribution in [0.25, 0.3) is 10.1 Å². The maximum absolute atomic E-state index is 12.4. The summed E-state index contributed by atoms with van der Waals surface area (Å²) in [4.78, 5) is 16.3. The third-order valence-electron chi connectivity index (χ3n) is 3.97. The van der Waals surface area contributed by atoms with Gasteiger partial charge < -0.3 is 10.2 Å². The number of amides is 2. The van der Waals surface area contributed by atoms with Gasteiger partial charge in [-0.25, -0.2) is 4.79 Å². The Labute approximate surface area is 115 Å². The van der Waals surface area contributed by atoms with Gasteiger partial charge in [0, 0.05) is 36.6 Å². The summed E-state index contributed by atoms with van der Waals surface area (Å²) in [6.07, 6.45) is 0. The van der Waals surface area contributed by atoms with Gasteiger partial charge in [-0.15, -0.1) is 11.3 Å². The predicted octanol–water partition coefficient (Wildman–Crippen LogP) is 2.12. The highest BCUT2D eigenvalue weighted by molar-refractivity contribution is 7.17. The number of rotatable bonds is 1. The Hall–Kier alpha value is -1.59. The van der Waals surface area contributed by atoms with E-state index >= 15 is 0 Å². The minimum Gasteiger partial charge on any atom is -0.317 e. The summed E-state index contributed by atoms with van der Waals surface area (Å²) in [7, 11) is 0. The summed E-state index contributed by atoms with van der Waals surface area (Å²) in [5.41, 5.74) is 1.02. The Bertz CT molecular complexity index is 638. The Balaban J connectivity index is 1.69. The molecular weight excluding hydrogens is 258 g/mol. The molecule has 4 rings (SSSR count). The molecule has 1 aromatic carbocycles. The summed E-state index contributed by atoms with van der Waals surface area (Å²) in [5.74, 6) is 0. The van der Waals surface area contributed by atoms with Crippen LogP contribution in [-0.2, 0) is 0 Å². The Morgan fingerprint density at radius 2 is 2.26 bits per heavy atom. The molecule has 2 fully saturated rings. The zero-order valence-electron chi connectivity index (χ0n) is 10.5. The van der Waals surface area contributed by atoms with Gasteiger partial charge in [0.25, 0.3) is 0 Å².